The van der Waals surface area contributed by atoms with Crippen molar-refractivity contribution in [3.63, 3.8) is 0 Å². The summed E-state index contributed by atoms with van der Waals surface area (Å²) in [7, 11) is 0. The molecule has 3 aliphatic rings. The molecule has 0 radical (unpaired) electrons. The quantitative estimate of drug-likeness (QED) is 0.729. The molecule has 2 fully saturated rings. The van der Waals surface area contributed by atoms with Crippen LogP contribution in [-0.2, 0) is 4.79 Å². The highest BCUT2D eigenvalue weighted by Gasteiger charge is 2.42. The van der Waals surface area contributed by atoms with Gasteiger partial charge in [-0.15, -0.1) is 0 Å². The highest BCUT2D eigenvalue weighted by molar-refractivity contribution is 6.05. The summed E-state index contributed by atoms with van der Waals surface area (Å²) in [5.74, 6) is 0.482. The zero-order valence-electron chi connectivity index (χ0n) is 16.2. The van der Waals surface area contributed by atoms with Crippen LogP contribution in [0.4, 0.5) is 11.4 Å². The Labute approximate surface area is 165 Å². The maximum Gasteiger partial charge on any atom is 0.220 e. The van der Waals surface area contributed by atoms with E-state index in [1.807, 2.05) is 4.90 Å². The Bertz CT molecular complexity index is 787. The number of nitrogens with zero attached hydrogens (tertiary/aromatic N) is 4. The molecule has 8 heteroatoms. The molecule has 1 aliphatic carbocycles. The summed E-state index contributed by atoms with van der Waals surface area (Å²) in [4.78, 5) is 24.7. The SMILES string of the molecule is NC(=O)C1CCN(c2ccc(N3C(N)=NC(N)=NC34CCCCC4)cc2)CC1. The maximum atomic E-state index is 11.4. The third-order valence-corrected chi connectivity index (χ3v) is 6.22. The van der Waals surface area contributed by atoms with Gasteiger partial charge >= 0.3 is 0 Å². The Balaban J connectivity index is 1.54. The number of carbonyl (C=O) groups is 1. The van der Waals surface area contributed by atoms with Crippen LogP contribution in [0, 0.1) is 5.92 Å². The number of rotatable bonds is 3. The Morgan fingerprint density at radius 3 is 2.21 bits per heavy atom. The van der Waals surface area contributed by atoms with Crippen LogP contribution in [-0.4, -0.2) is 36.6 Å². The molecule has 2 heterocycles. The second-order valence-corrected chi connectivity index (χ2v) is 8.00. The van der Waals surface area contributed by atoms with Crippen molar-refractivity contribution in [1.82, 2.24) is 0 Å². The number of benzene rings is 1. The first-order valence-electron chi connectivity index (χ1n) is 10.1. The lowest BCUT2D eigenvalue weighted by molar-refractivity contribution is -0.122. The standard InChI is InChI=1S/C20H29N7O/c21-17(28)14-8-12-26(13-9-14)15-4-6-16(7-5-15)27-19(23)24-18(22)25-20(27)10-2-1-3-11-20/h4-7,14H,1-3,8-13H2,(H2,21,28)(H4,22,23,24,25). The van der Waals surface area contributed by atoms with E-state index in [2.05, 4.69) is 34.2 Å². The number of guanidine groups is 2. The lowest BCUT2D eigenvalue weighted by Gasteiger charge is -2.45. The summed E-state index contributed by atoms with van der Waals surface area (Å²) in [5, 5.41) is 0. The van der Waals surface area contributed by atoms with Crippen LogP contribution in [0.15, 0.2) is 34.3 Å². The predicted molar refractivity (Wildman–Crippen MR) is 112 cm³/mol. The Morgan fingerprint density at radius 2 is 1.61 bits per heavy atom. The number of hydrogen-bond acceptors (Lipinski definition) is 7. The summed E-state index contributed by atoms with van der Waals surface area (Å²) in [6.45, 7) is 1.68. The van der Waals surface area contributed by atoms with Crippen molar-refractivity contribution in [3.05, 3.63) is 24.3 Å². The first kappa shape index (κ1) is 18.6. The molecule has 4 rings (SSSR count). The Hall–Kier alpha value is -2.77. The second-order valence-electron chi connectivity index (χ2n) is 8.00. The minimum Gasteiger partial charge on any atom is -0.371 e. The van der Waals surface area contributed by atoms with Gasteiger partial charge in [0.1, 0.15) is 5.66 Å². The zero-order chi connectivity index (χ0) is 19.7. The number of piperidine rings is 1. The third-order valence-electron chi connectivity index (χ3n) is 6.22. The van der Waals surface area contributed by atoms with Gasteiger partial charge in [-0.25, -0.2) is 4.99 Å². The van der Waals surface area contributed by atoms with Gasteiger partial charge in [0.2, 0.25) is 17.8 Å². The van der Waals surface area contributed by atoms with Gasteiger partial charge < -0.3 is 22.1 Å². The van der Waals surface area contributed by atoms with E-state index in [-0.39, 0.29) is 17.8 Å². The fourth-order valence-corrected chi connectivity index (χ4v) is 4.73. The van der Waals surface area contributed by atoms with E-state index in [1.165, 1.54) is 6.42 Å². The molecular weight excluding hydrogens is 354 g/mol. The average Bonchev–Trinajstić information content (AvgIpc) is 2.68. The normalized spacial score (nSPS) is 22.7. The van der Waals surface area contributed by atoms with Gasteiger partial charge in [0.25, 0.3) is 0 Å². The van der Waals surface area contributed by atoms with Crippen LogP contribution in [0.3, 0.4) is 0 Å². The summed E-state index contributed by atoms with van der Waals surface area (Å²) < 4.78 is 0. The molecule has 0 atom stereocenters. The average molecular weight is 384 g/mol. The molecule has 1 saturated heterocycles. The fraction of sp³-hybridized carbons (Fsp3) is 0.550. The number of amides is 1. The van der Waals surface area contributed by atoms with E-state index in [0.717, 1.165) is 63.0 Å². The predicted octanol–water partition coefficient (Wildman–Crippen LogP) is 1.50. The molecule has 6 N–H and O–H groups in total. The molecule has 0 aromatic heterocycles. The molecule has 0 bridgehead atoms. The van der Waals surface area contributed by atoms with Crippen molar-refractivity contribution in [2.75, 3.05) is 22.9 Å². The van der Waals surface area contributed by atoms with Crippen molar-refractivity contribution in [2.24, 2.45) is 33.1 Å². The Kier molecular flexibility index (Phi) is 4.87. The molecule has 8 nitrogen and oxygen atoms in total. The van der Waals surface area contributed by atoms with E-state index in [0.29, 0.717) is 5.96 Å². The summed E-state index contributed by atoms with van der Waals surface area (Å²) >= 11 is 0. The Morgan fingerprint density at radius 1 is 1.00 bits per heavy atom. The van der Waals surface area contributed by atoms with Gasteiger partial charge in [0.15, 0.2) is 0 Å². The smallest absolute Gasteiger partial charge is 0.220 e. The maximum absolute atomic E-state index is 11.4. The second kappa shape index (κ2) is 7.33. The molecule has 1 aromatic carbocycles. The van der Waals surface area contributed by atoms with E-state index in [4.69, 9.17) is 22.2 Å². The van der Waals surface area contributed by atoms with Crippen molar-refractivity contribution in [1.29, 1.82) is 0 Å². The van der Waals surface area contributed by atoms with Crippen molar-refractivity contribution < 1.29 is 4.79 Å². The summed E-state index contributed by atoms with van der Waals surface area (Å²) in [6.07, 6.45) is 6.88. The number of nitrogens with two attached hydrogens (primary N) is 3. The van der Waals surface area contributed by atoms with Crippen molar-refractivity contribution in [3.8, 4) is 0 Å². The molecule has 150 valence electrons. The van der Waals surface area contributed by atoms with Gasteiger partial charge in [-0.3, -0.25) is 9.69 Å². The van der Waals surface area contributed by atoms with Gasteiger partial charge in [-0.2, -0.15) is 4.99 Å². The zero-order valence-corrected chi connectivity index (χ0v) is 16.2. The van der Waals surface area contributed by atoms with Crippen LogP contribution < -0.4 is 27.0 Å². The molecule has 28 heavy (non-hydrogen) atoms. The number of hydrogen-bond donors (Lipinski definition) is 3. The third kappa shape index (κ3) is 3.39. The lowest BCUT2D eigenvalue weighted by Crippen LogP contribution is -2.58. The number of aliphatic imine (C=N–C) groups is 2. The van der Waals surface area contributed by atoms with Crippen LogP contribution >= 0.6 is 0 Å². The summed E-state index contributed by atoms with van der Waals surface area (Å²) in [6, 6.07) is 8.35. The fourth-order valence-electron chi connectivity index (χ4n) is 4.73. The van der Waals surface area contributed by atoms with E-state index < -0.39 is 5.66 Å². The largest absolute Gasteiger partial charge is 0.371 e. The van der Waals surface area contributed by atoms with Crippen LogP contribution in [0.1, 0.15) is 44.9 Å². The van der Waals surface area contributed by atoms with Gasteiger partial charge in [-0.05, 0) is 62.8 Å². The topological polar surface area (TPSA) is 126 Å². The number of anilines is 2. The number of carbonyl (C=O) groups excluding carboxylic acids is 1. The molecule has 1 amide bonds. The first-order valence-corrected chi connectivity index (χ1v) is 10.1. The highest BCUT2D eigenvalue weighted by atomic mass is 16.1. The van der Waals surface area contributed by atoms with E-state index in [9.17, 15) is 4.79 Å². The first-order chi connectivity index (χ1) is 13.5. The van der Waals surface area contributed by atoms with Crippen LogP contribution in [0.5, 0.6) is 0 Å². The molecule has 1 saturated carbocycles. The van der Waals surface area contributed by atoms with Gasteiger partial charge in [-0.1, -0.05) is 6.42 Å². The van der Waals surface area contributed by atoms with Crippen molar-refractivity contribution in [2.45, 2.75) is 50.6 Å². The van der Waals surface area contributed by atoms with Crippen molar-refractivity contribution >= 4 is 29.2 Å². The van der Waals surface area contributed by atoms with E-state index >= 15 is 0 Å². The molecule has 1 aromatic rings. The van der Waals surface area contributed by atoms with Crippen LogP contribution in [0.2, 0.25) is 0 Å². The minimum atomic E-state index is -0.421. The summed E-state index contributed by atoms with van der Waals surface area (Å²) in [5.41, 5.74) is 19.4. The van der Waals surface area contributed by atoms with E-state index in [1.54, 1.807) is 0 Å². The van der Waals surface area contributed by atoms with Crippen LogP contribution in [0.25, 0.3) is 0 Å². The molecule has 2 aliphatic heterocycles. The lowest BCUT2D eigenvalue weighted by atomic mass is 9.87. The van der Waals surface area contributed by atoms with Gasteiger partial charge in [0.05, 0.1) is 0 Å². The molecular formula is C20H29N7O. The highest BCUT2D eigenvalue weighted by Crippen LogP contribution is 2.40. The molecule has 1 spiro atoms. The number of primary amides is 1. The minimum absolute atomic E-state index is 0.00522. The molecule has 0 unspecified atom stereocenters. The van der Waals surface area contributed by atoms with Gasteiger partial charge in [0, 0.05) is 30.4 Å². The monoisotopic (exact) mass is 383 g/mol.